The summed E-state index contributed by atoms with van der Waals surface area (Å²) in [4.78, 5) is 27.9. The van der Waals surface area contributed by atoms with Crippen molar-refractivity contribution in [3.05, 3.63) is 33.8 Å². The van der Waals surface area contributed by atoms with Crippen molar-refractivity contribution >= 4 is 35.0 Å². The van der Waals surface area contributed by atoms with Gasteiger partial charge in [0.05, 0.1) is 0 Å². The van der Waals surface area contributed by atoms with Gasteiger partial charge in [-0.15, -0.1) is 0 Å². The summed E-state index contributed by atoms with van der Waals surface area (Å²) in [6.45, 7) is 2.63. The average molecular weight is 344 g/mol. The van der Waals surface area contributed by atoms with Crippen LogP contribution >= 0.6 is 23.2 Å². The molecule has 0 atom stereocenters. The van der Waals surface area contributed by atoms with Crippen LogP contribution in [-0.2, 0) is 4.79 Å². The minimum absolute atomic E-state index is 0.100. The van der Waals surface area contributed by atoms with E-state index in [4.69, 9.17) is 28.9 Å². The molecule has 0 unspecified atom stereocenters. The standard InChI is InChI=1S/C15H19Cl2N3O2/c16-12-8-11(9-13(17)10-12)15(22)20-6-4-19(5-7-20)14(21)2-1-3-18/h8-10H,1-7,18H2. The highest BCUT2D eigenvalue weighted by Gasteiger charge is 2.24. The molecule has 5 nitrogen and oxygen atoms in total. The highest BCUT2D eigenvalue weighted by molar-refractivity contribution is 6.35. The van der Waals surface area contributed by atoms with Gasteiger partial charge in [0.15, 0.2) is 0 Å². The van der Waals surface area contributed by atoms with Crippen molar-refractivity contribution in [2.45, 2.75) is 12.8 Å². The number of nitrogens with two attached hydrogens (primary N) is 1. The third-order valence-electron chi connectivity index (χ3n) is 3.62. The van der Waals surface area contributed by atoms with E-state index < -0.39 is 0 Å². The van der Waals surface area contributed by atoms with Gasteiger partial charge in [0.1, 0.15) is 0 Å². The number of benzene rings is 1. The summed E-state index contributed by atoms with van der Waals surface area (Å²) in [5.74, 6) is -0.0122. The van der Waals surface area contributed by atoms with Crippen LogP contribution < -0.4 is 5.73 Å². The molecule has 1 aliphatic rings. The van der Waals surface area contributed by atoms with Crippen molar-refractivity contribution in [3.63, 3.8) is 0 Å². The smallest absolute Gasteiger partial charge is 0.254 e. The molecule has 0 bridgehead atoms. The summed E-state index contributed by atoms with van der Waals surface area (Å²) in [6, 6.07) is 4.80. The van der Waals surface area contributed by atoms with E-state index in [1.165, 1.54) is 0 Å². The summed E-state index contributed by atoms with van der Waals surface area (Å²) in [7, 11) is 0. The first kappa shape index (κ1) is 17.1. The fourth-order valence-electron chi connectivity index (χ4n) is 2.43. The Hall–Kier alpha value is -1.30. The largest absolute Gasteiger partial charge is 0.339 e. The van der Waals surface area contributed by atoms with Crippen LogP contribution in [0.2, 0.25) is 10.0 Å². The van der Waals surface area contributed by atoms with E-state index in [1.807, 2.05) is 0 Å². The number of hydrogen-bond donors (Lipinski definition) is 1. The van der Waals surface area contributed by atoms with Gasteiger partial charge in [-0.3, -0.25) is 9.59 Å². The first-order chi connectivity index (χ1) is 10.5. The van der Waals surface area contributed by atoms with E-state index in [1.54, 1.807) is 28.0 Å². The zero-order valence-electron chi connectivity index (χ0n) is 12.2. The van der Waals surface area contributed by atoms with Crippen LogP contribution in [0.4, 0.5) is 0 Å². The van der Waals surface area contributed by atoms with Crippen molar-refractivity contribution in [2.75, 3.05) is 32.7 Å². The van der Waals surface area contributed by atoms with Crippen molar-refractivity contribution in [2.24, 2.45) is 5.73 Å². The van der Waals surface area contributed by atoms with Crippen LogP contribution in [0.25, 0.3) is 0 Å². The fourth-order valence-corrected chi connectivity index (χ4v) is 2.96. The monoisotopic (exact) mass is 343 g/mol. The molecule has 0 aliphatic carbocycles. The van der Waals surface area contributed by atoms with E-state index in [0.717, 1.165) is 0 Å². The molecule has 0 aromatic heterocycles. The number of carbonyl (C=O) groups is 2. The Morgan fingerprint density at radius 2 is 1.55 bits per heavy atom. The summed E-state index contributed by atoms with van der Waals surface area (Å²) >= 11 is 11.9. The lowest BCUT2D eigenvalue weighted by molar-refractivity contribution is -0.132. The third-order valence-corrected chi connectivity index (χ3v) is 4.06. The van der Waals surface area contributed by atoms with Crippen molar-refractivity contribution in [3.8, 4) is 0 Å². The predicted molar refractivity (Wildman–Crippen MR) is 87.2 cm³/mol. The van der Waals surface area contributed by atoms with Crippen LogP contribution in [0, 0.1) is 0 Å². The van der Waals surface area contributed by atoms with Gasteiger partial charge in [-0.2, -0.15) is 0 Å². The lowest BCUT2D eigenvalue weighted by atomic mass is 10.1. The Morgan fingerprint density at radius 3 is 2.09 bits per heavy atom. The molecular formula is C15H19Cl2N3O2. The highest BCUT2D eigenvalue weighted by Crippen LogP contribution is 2.20. The van der Waals surface area contributed by atoms with Crippen molar-refractivity contribution < 1.29 is 9.59 Å². The third kappa shape index (κ3) is 4.35. The average Bonchev–Trinajstić information content (AvgIpc) is 2.51. The number of piperazine rings is 1. The Balaban J connectivity index is 1.93. The molecule has 1 heterocycles. The van der Waals surface area contributed by atoms with E-state index in [0.29, 0.717) is 61.2 Å². The summed E-state index contributed by atoms with van der Waals surface area (Å²) in [6.07, 6.45) is 1.16. The molecule has 1 aliphatic heterocycles. The Labute approximate surface area is 139 Å². The molecule has 0 spiro atoms. The van der Waals surface area contributed by atoms with E-state index in [9.17, 15) is 9.59 Å². The van der Waals surface area contributed by atoms with Gasteiger partial charge in [-0.1, -0.05) is 23.2 Å². The van der Waals surface area contributed by atoms with E-state index in [2.05, 4.69) is 0 Å². The summed E-state index contributed by atoms with van der Waals surface area (Å²) in [5, 5.41) is 0.873. The van der Waals surface area contributed by atoms with Gasteiger partial charge in [-0.05, 0) is 31.2 Å². The number of nitrogens with zero attached hydrogens (tertiary/aromatic N) is 2. The number of carbonyl (C=O) groups excluding carboxylic acids is 2. The molecule has 1 fully saturated rings. The SMILES string of the molecule is NCCCC(=O)N1CCN(C(=O)c2cc(Cl)cc(Cl)c2)CC1. The Bertz CT molecular complexity index is 537. The maximum absolute atomic E-state index is 12.4. The second-order valence-corrected chi connectivity index (χ2v) is 6.10. The summed E-state index contributed by atoms with van der Waals surface area (Å²) < 4.78 is 0. The second kappa shape index (κ2) is 7.81. The molecule has 0 saturated carbocycles. The molecule has 1 aromatic rings. The molecule has 120 valence electrons. The minimum atomic E-state index is -0.113. The van der Waals surface area contributed by atoms with Crippen molar-refractivity contribution in [1.29, 1.82) is 0 Å². The van der Waals surface area contributed by atoms with Crippen LogP contribution in [0.15, 0.2) is 18.2 Å². The number of amides is 2. The number of hydrogen-bond acceptors (Lipinski definition) is 3. The normalized spacial score (nSPS) is 15.0. The molecule has 1 aromatic carbocycles. The number of halogens is 2. The van der Waals surface area contributed by atoms with Gasteiger partial charge < -0.3 is 15.5 Å². The molecule has 2 rings (SSSR count). The molecule has 2 amide bonds. The van der Waals surface area contributed by atoms with Crippen molar-refractivity contribution in [1.82, 2.24) is 9.80 Å². The maximum atomic E-state index is 12.4. The molecule has 22 heavy (non-hydrogen) atoms. The highest BCUT2D eigenvalue weighted by atomic mass is 35.5. The lowest BCUT2D eigenvalue weighted by Crippen LogP contribution is -2.50. The van der Waals surface area contributed by atoms with Crippen LogP contribution in [0.1, 0.15) is 23.2 Å². The van der Waals surface area contributed by atoms with Gasteiger partial charge in [0.25, 0.3) is 5.91 Å². The van der Waals surface area contributed by atoms with Gasteiger partial charge in [0.2, 0.25) is 5.91 Å². The number of rotatable bonds is 4. The van der Waals surface area contributed by atoms with Crippen LogP contribution in [0.5, 0.6) is 0 Å². The van der Waals surface area contributed by atoms with Crippen LogP contribution in [-0.4, -0.2) is 54.3 Å². The fraction of sp³-hybridized carbons (Fsp3) is 0.467. The lowest BCUT2D eigenvalue weighted by Gasteiger charge is -2.35. The van der Waals surface area contributed by atoms with Crippen LogP contribution in [0.3, 0.4) is 0 Å². The first-order valence-corrected chi connectivity index (χ1v) is 8.00. The van der Waals surface area contributed by atoms with Gasteiger partial charge in [0, 0.05) is 48.2 Å². The zero-order chi connectivity index (χ0) is 16.1. The molecule has 7 heteroatoms. The van der Waals surface area contributed by atoms with E-state index >= 15 is 0 Å². The minimum Gasteiger partial charge on any atom is -0.339 e. The van der Waals surface area contributed by atoms with Gasteiger partial charge in [-0.25, -0.2) is 0 Å². The zero-order valence-corrected chi connectivity index (χ0v) is 13.7. The van der Waals surface area contributed by atoms with Gasteiger partial charge >= 0.3 is 0 Å². The Kier molecular flexibility index (Phi) is 6.06. The Morgan fingerprint density at radius 1 is 1.00 bits per heavy atom. The quantitative estimate of drug-likeness (QED) is 0.909. The topological polar surface area (TPSA) is 66.6 Å². The maximum Gasteiger partial charge on any atom is 0.254 e. The molecule has 2 N–H and O–H groups in total. The molecular weight excluding hydrogens is 325 g/mol. The molecule has 1 saturated heterocycles. The predicted octanol–water partition coefficient (Wildman–Crippen LogP) is 2.02. The second-order valence-electron chi connectivity index (χ2n) is 5.22. The first-order valence-electron chi connectivity index (χ1n) is 7.24. The summed E-state index contributed by atoms with van der Waals surface area (Å²) in [5.41, 5.74) is 5.88. The molecule has 0 radical (unpaired) electrons. The van der Waals surface area contributed by atoms with E-state index in [-0.39, 0.29) is 11.8 Å².